The number of nitrogens with one attached hydrogen (secondary N) is 1. The predicted octanol–water partition coefficient (Wildman–Crippen LogP) is 5.03. The van der Waals surface area contributed by atoms with Gasteiger partial charge in [0.05, 0.1) is 17.7 Å². The normalized spacial score (nSPS) is 11.1. The minimum atomic E-state index is -1.02. The van der Waals surface area contributed by atoms with Crippen LogP contribution in [0.3, 0.4) is 0 Å². The van der Waals surface area contributed by atoms with Gasteiger partial charge >= 0.3 is 17.9 Å². The van der Waals surface area contributed by atoms with Crippen molar-refractivity contribution in [1.29, 1.82) is 0 Å². The van der Waals surface area contributed by atoms with Crippen LogP contribution in [0.15, 0.2) is 109 Å². The molecule has 8 nitrogen and oxygen atoms in total. The Balaban J connectivity index is 1.62. The number of carbonyl (C=O) groups is 4. The molecule has 0 aliphatic carbocycles. The lowest BCUT2D eigenvalue weighted by atomic mass is 10.0. The van der Waals surface area contributed by atoms with E-state index in [1.165, 1.54) is 12.1 Å². The molecular weight excluding hydrogens is 510 g/mol. The number of carbonyl (C=O) groups excluding carboxylic acids is 4. The molecule has 1 atom stereocenters. The van der Waals surface area contributed by atoms with Crippen LogP contribution < -0.4 is 14.8 Å². The van der Waals surface area contributed by atoms with Crippen LogP contribution in [0.1, 0.15) is 43.6 Å². The fourth-order valence-electron chi connectivity index (χ4n) is 3.81. The van der Waals surface area contributed by atoms with Gasteiger partial charge in [0.1, 0.15) is 6.04 Å². The summed E-state index contributed by atoms with van der Waals surface area (Å²) in [6.07, 6.45) is 0.0280. The van der Waals surface area contributed by atoms with E-state index in [0.29, 0.717) is 22.3 Å². The van der Waals surface area contributed by atoms with E-state index in [1.807, 2.05) is 0 Å². The Morgan fingerprint density at radius 1 is 0.650 bits per heavy atom. The highest BCUT2D eigenvalue weighted by atomic mass is 16.6. The molecule has 0 aliphatic rings. The zero-order chi connectivity index (χ0) is 28.3. The summed E-state index contributed by atoms with van der Waals surface area (Å²) in [5.74, 6) is -2.36. The smallest absolute Gasteiger partial charge is 0.343 e. The summed E-state index contributed by atoms with van der Waals surface area (Å²) in [6, 6.07) is 28.8. The Bertz CT molecular complexity index is 1470. The minimum Gasteiger partial charge on any atom is -0.464 e. The van der Waals surface area contributed by atoms with Crippen LogP contribution in [0.4, 0.5) is 0 Å². The van der Waals surface area contributed by atoms with Gasteiger partial charge < -0.3 is 19.5 Å². The molecule has 1 amide bonds. The van der Waals surface area contributed by atoms with Gasteiger partial charge in [0.2, 0.25) is 0 Å². The third kappa shape index (κ3) is 7.41. The topological polar surface area (TPSA) is 108 Å². The van der Waals surface area contributed by atoms with Crippen molar-refractivity contribution < 1.29 is 33.4 Å². The van der Waals surface area contributed by atoms with Gasteiger partial charge in [0.25, 0.3) is 5.91 Å². The standard InChI is InChI=1S/C32H27NO7/c1-2-38-32(37)26(33-29(34)23-12-6-3-7-13-23)20-22-18-19-27(39-30(35)24-14-8-4-9-15-24)28(21-22)40-31(36)25-16-10-5-11-17-25/h3-19,21,26H,2,20H2,1H3,(H,33,34)/t26-/m0/s1. The lowest BCUT2D eigenvalue weighted by Crippen LogP contribution is -2.43. The van der Waals surface area contributed by atoms with Gasteiger partial charge in [-0.15, -0.1) is 0 Å². The lowest BCUT2D eigenvalue weighted by Gasteiger charge is -2.18. The van der Waals surface area contributed by atoms with Gasteiger partial charge in [0.15, 0.2) is 11.5 Å². The largest absolute Gasteiger partial charge is 0.464 e. The molecule has 0 fully saturated rings. The molecule has 0 radical (unpaired) electrons. The fourth-order valence-corrected chi connectivity index (χ4v) is 3.81. The van der Waals surface area contributed by atoms with Gasteiger partial charge in [-0.1, -0.05) is 60.7 Å². The summed E-state index contributed by atoms with van der Waals surface area (Å²) in [5.41, 5.74) is 1.53. The number of hydrogen-bond donors (Lipinski definition) is 1. The Morgan fingerprint density at radius 2 is 1.15 bits per heavy atom. The second-order valence-electron chi connectivity index (χ2n) is 8.64. The van der Waals surface area contributed by atoms with Crippen molar-refractivity contribution >= 4 is 23.8 Å². The first kappa shape index (κ1) is 27.8. The Labute approximate surface area is 231 Å². The van der Waals surface area contributed by atoms with Crippen LogP contribution in [0.2, 0.25) is 0 Å². The van der Waals surface area contributed by atoms with Gasteiger partial charge in [0, 0.05) is 12.0 Å². The number of benzene rings is 4. The number of hydrogen-bond acceptors (Lipinski definition) is 7. The summed E-state index contributed by atoms with van der Waals surface area (Å²) in [7, 11) is 0. The molecule has 0 spiro atoms. The summed E-state index contributed by atoms with van der Waals surface area (Å²) in [6.45, 7) is 1.80. The van der Waals surface area contributed by atoms with E-state index in [2.05, 4.69) is 5.32 Å². The first-order chi connectivity index (χ1) is 19.4. The van der Waals surface area contributed by atoms with E-state index in [-0.39, 0.29) is 24.5 Å². The van der Waals surface area contributed by atoms with Crippen molar-refractivity contribution in [3.05, 3.63) is 131 Å². The Kier molecular flexibility index (Phi) is 9.39. The monoisotopic (exact) mass is 537 g/mol. The van der Waals surface area contributed by atoms with E-state index >= 15 is 0 Å². The van der Waals surface area contributed by atoms with Crippen LogP contribution in [0.25, 0.3) is 0 Å². The van der Waals surface area contributed by atoms with E-state index in [9.17, 15) is 19.2 Å². The molecule has 202 valence electrons. The van der Waals surface area contributed by atoms with Crippen molar-refractivity contribution in [2.24, 2.45) is 0 Å². The van der Waals surface area contributed by atoms with Crippen LogP contribution in [0, 0.1) is 0 Å². The van der Waals surface area contributed by atoms with Gasteiger partial charge in [-0.05, 0) is 61.0 Å². The second-order valence-corrected chi connectivity index (χ2v) is 8.64. The third-order valence-electron chi connectivity index (χ3n) is 5.78. The van der Waals surface area contributed by atoms with Crippen molar-refractivity contribution in [2.45, 2.75) is 19.4 Å². The van der Waals surface area contributed by atoms with Crippen molar-refractivity contribution in [3.8, 4) is 11.5 Å². The Hall–Kier alpha value is -5.24. The molecule has 4 aromatic carbocycles. The summed E-state index contributed by atoms with van der Waals surface area (Å²) in [5, 5.41) is 2.71. The van der Waals surface area contributed by atoms with E-state index in [1.54, 1.807) is 104 Å². The molecule has 40 heavy (non-hydrogen) atoms. The summed E-state index contributed by atoms with van der Waals surface area (Å²) < 4.78 is 16.4. The van der Waals surface area contributed by atoms with Crippen molar-refractivity contribution in [2.75, 3.05) is 6.61 Å². The first-order valence-corrected chi connectivity index (χ1v) is 12.6. The zero-order valence-corrected chi connectivity index (χ0v) is 21.7. The highest BCUT2D eigenvalue weighted by molar-refractivity contribution is 5.97. The molecule has 0 aromatic heterocycles. The average Bonchev–Trinajstić information content (AvgIpc) is 2.99. The molecule has 0 bridgehead atoms. The number of esters is 3. The second kappa shape index (κ2) is 13.5. The van der Waals surface area contributed by atoms with Gasteiger partial charge in [-0.3, -0.25) is 4.79 Å². The van der Waals surface area contributed by atoms with Crippen molar-refractivity contribution in [3.63, 3.8) is 0 Å². The van der Waals surface area contributed by atoms with Crippen molar-refractivity contribution in [1.82, 2.24) is 5.32 Å². The highest BCUT2D eigenvalue weighted by Gasteiger charge is 2.25. The first-order valence-electron chi connectivity index (χ1n) is 12.6. The summed E-state index contributed by atoms with van der Waals surface area (Å²) >= 11 is 0. The molecule has 1 N–H and O–H groups in total. The SMILES string of the molecule is CCOC(=O)[C@H](Cc1ccc(OC(=O)c2ccccc2)c(OC(=O)c2ccccc2)c1)NC(=O)c1ccccc1. The molecular formula is C32H27NO7. The predicted molar refractivity (Wildman–Crippen MR) is 147 cm³/mol. The maximum Gasteiger partial charge on any atom is 0.343 e. The lowest BCUT2D eigenvalue weighted by molar-refractivity contribution is -0.145. The quantitative estimate of drug-likeness (QED) is 0.223. The maximum atomic E-state index is 12.9. The van der Waals surface area contributed by atoms with E-state index < -0.39 is 29.9 Å². The zero-order valence-electron chi connectivity index (χ0n) is 21.7. The van der Waals surface area contributed by atoms with E-state index in [4.69, 9.17) is 14.2 Å². The number of rotatable bonds is 10. The molecule has 4 aromatic rings. The molecule has 0 saturated carbocycles. The summed E-state index contributed by atoms with van der Waals surface area (Å²) in [4.78, 5) is 51.1. The average molecular weight is 538 g/mol. The van der Waals surface area contributed by atoms with Crippen LogP contribution >= 0.6 is 0 Å². The number of ether oxygens (including phenoxy) is 3. The van der Waals surface area contributed by atoms with Gasteiger partial charge in [-0.2, -0.15) is 0 Å². The van der Waals surface area contributed by atoms with Gasteiger partial charge in [-0.25, -0.2) is 14.4 Å². The molecule has 0 unspecified atom stereocenters. The van der Waals surface area contributed by atoms with E-state index in [0.717, 1.165) is 0 Å². The highest BCUT2D eigenvalue weighted by Crippen LogP contribution is 2.31. The maximum absolute atomic E-state index is 12.9. The molecule has 0 aliphatic heterocycles. The Morgan fingerprint density at radius 3 is 1.68 bits per heavy atom. The fraction of sp³-hybridized carbons (Fsp3) is 0.125. The molecule has 8 heteroatoms. The molecule has 0 saturated heterocycles. The third-order valence-corrected chi connectivity index (χ3v) is 5.78. The minimum absolute atomic E-state index is 0.0166. The number of amides is 1. The van der Waals surface area contributed by atoms with Crippen LogP contribution in [-0.2, 0) is 16.0 Å². The molecule has 0 heterocycles. The van der Waals surface area contributed by atoms with Crippen LogP contribution in [-0.4, -0.2) is 36.5 Å². The van der Waals surface area contributed by atoms with Crippen LogP contribution in [0.5, 0.6) is 11.5 Å². The molecule has 4 rings (SSSR count).